The van der Waals surface area contributed by atoms with Crippen LogP contribution in [0.15, 0.2) is 47.1 Å². The summed E-state index contributed by atoms with van der Waals surface area (Å²) in [6.07, 6.45) is 2.16. The van der Waals surface area contributed by atoms with Crippen LogP contribution in [0.4, 0.5) is 5.69 Å². The Morgan fingerprint density at radius 1 is 1.19 bits per heavy atom. The molecular weight excluding hydrogens is 348 g/mol. The maximum atomic E-state index is 12.5. The molecule has 0 fully saturated rings. The van der Waals surface area contributed by atoms with Crippen molar-refractivity contribution in [3.05, 3.63) is 54.0 Å². The highest BCUT2D eigenvalue weighted by Gasteiger charge is 2.29. The van der Waals surface area contributed by atoms with Gasteiger partial charge in [0.15, 0.2) is 12.4 Å². The lowest BCUT2D eigenvalue weighted by Crippen LogP contribution is -2.46. The Morgan fingerprint density at radius 2 is 1.96 bits per heavy atom. The Hall–Kier alpha value is -3.09. The Labute approximate surface area is 157 Å². The predicted octanol–water partition coefficient (Wildman–Crippen LogP) is 2.17. The highest BCUT2D eigenvalue weighted by atomic mass is 16.5. The van der Waals surface area contributed by atoms with Crippen LogP contribution in [0.1, 0.15) is 30.0 Å². The van der Waals surface area contributed by atoms with E-state index in [0.717, 1.165) is 17.7 Å². The summed E-state index contributed by atoms with van der Waals surface area (Å²) >= 11 is 0. The van der Waals surface area contributed by atoms with Crippen LogP contribution in [-0.2, 0) is 20.7 Å². The SMILES string of the molecule is CC(C)[C@@H](NC(=O)c1ccco1)C(=O)OCC(=O)N1CCc2ccccc21. The summed E-state index contributed by atoms with van der Waals surface area (Å²) in [4.78, 5) is 38.6. The summed E-state index contributed by atoms with van der Waals surface area (Å²) in [5.41, 5.74) is 1.95. The minimum atomic E-state index is -0.874. The fourth-order valence-electron chi connectivity index (χ4n) is 3.02. The first-order chi connectivity index (χ1) is 13.0. The van der Waals surface area contributed by atoms with Crippen molar-refractivity contribution in [1.29, 1.82) is 0 Å². The van der Waals surface area contributed by atoms with Gasteiger partial charge in [0.1, 0.15) is 6.04 Å². The van der Waals surface area contributed by atoms with Crippen LogP contribution in [0.25, 0.3) is 0 Å². The molecule has 0 saturated carbocycles. The van der Waals surface area contributed by atoms with E-state index < -0.39 is 17.9 Å². The Morgan fingerprint density at radius 3 is 2.67 bits per heavy atom. The lowest BCUT2D eigenvalue weighted by molar-refractivity contribution is -0.150. The van der Waals surface area contributed by atoms with Gasteiger partial charge >= 0.3 is 5.97 Å². The third-order valence-corrected chi connectivity index (χ3v) is 4.48. The summed E-state index contributed by atoms with van der Waals surface area (Å²) in [5.74, 6) is -1.54. The number of rotatable bonds is 6. The topological polar surface area (TPSA) is 88.9 Å². The molecule has 2 heterocycles. The predicted molar refractivity (Wildman–Crippen MR) is 98.3 cm³/mol. The molecule has 7 heteroatoms. The van der Waals surface area contributed by atoms with Crippen LogP contribution >= 0.6 is 0 Å². The van der Waals surface area contributed by atoms with Crippen molar-refractivity contribution < 1.29 is 23.5 Å². The van der Waals surface area contributed by atoms with Crippen LogP contribution in [0, 0.1) is 5.92 Å². The van der Waals surface area contributed by atoms with Gasteiger partial charge in [-0.3, -0.25) is 9.59 Å². The van der Waals surface area contributed by atoms with Gasteiger partial charge in [-0.25, -0.2) is 4.79 Å². The first-order valence-corrected chi connectivity index (χ1v) is 8.86. The van der Waals surface area contributed by atoms with E-state index in [0.29, 0.717) is 6.54 Å². The number of anilines is 1. The van der Waals surface area contributed by atoms with Crippen LogP contribution in [0.5, 0.6) is 0 Å². The van der Waals surface area contributed by atoms with Gasteiger partial charge < -0.3 is 19.4 Å². The number of benzene rings is 1. The number of fused-ring (bicyclic) bond motifs is 1. The Balaban J connectivity index is 1.58. The molecule has 0 unspecified atom stereocenters. The number of carbonyl (C=O) groups excluding carboxylic acids is 3. The fourth-order valence-corrected chi connectivity index (χ4v) is 3.02. The number of furan rings is 1. The number of hydrogen-bond donors (Lipinski definition) is 1. The molecule has 2 amide bonds. The fraction of sp³-hybridized carbons (Fsp3) is 0.350. The molecule has 0 bridgehead atoms. The van der Waals surface area contributed by atoms with Gasteiger partial charge in [0, 0.05) is 12.2 Å². The number of nitrogens with zero attached hydrogens (tertiary/aromatic N) is 1. The minimum Gasteiger partial charge on any atom is -0.459 e. The highest BCUT2D eigenvalue weighted by molar-refractivity contribution is 5.98. The van der Waals surface area contributed by atoms with Crippen LogP contribution in [0.2, 0.25) is 0 Å². The molecule has 1 aliphatic heterocycles. The number of ether oxygens (including phenoxy) is 1. The molecule has 7 nitrogen and oxygen atoms in total. The lowest BCUT2D eigenvalue weighted by atomic mass is 10.0. The third kappa shape index (κ3) is 4.19. The molecular formula is C20H22N2O5. The van der Waals surface area contributed by atoms with E-state index in [4.69, 9.17) is 9.15 Å². The number of esters is 1. The number of hydrogen-bond acceptors (Lipinski definition) is 5. The molecule has 1 aliphatic rings. The molecule has 27 heavy (non-hydrogen) atoms. The third-order valence-electron chi connectivity index (χ3n) is 4.48. The molecule has 1 N–H and O–H groups in total. The van der Waals surface area contributed by atoms with E-state index in [9.17, 15) is 14.4 Å². The number of carbonyl (C=O) groups is 3. The van der Waals surface area contributed by atoms with Gasteiger partial charge in [-0.15, -0.1) is 0 Å². The van der Waals surface area contributed by atoms with Gasteiger partial charge in [0.25, 0.3) is 11.8 Å². The largest absolute Gasteiger partial charge is 0.459 e. The van der Waals surface area contributed by atoms with Crippen molar-refractivity contribution in [3.8, 4) is 0 Å². The number of para-hydroxylation sites is 1. The molecule has 0 aliphatic carbocycles. The zero-order valence-corrected chi connectivity index (χ0v) is 15.3. The van der Waals surface area contributed by atoms with Crippen molar-refractivity contribution in [2.24, 2.45) is 5.92 Å². The van der Waals surface area contributed by atoms with Crippen molar-refractivity contribution in [2.75, 3.05) is 18.1 Å². The zero-order valence-electron chi connectivity index (χ0n) is 15.3. The lowest BCUT2D eigenvalue weighted by Gasteiger charge is -2.21. The maximum Gasteiger partial charge on any atom is 0.329 e. The van der Waals surface area contributed by atoms with Crippen molar-refractivity contribution in [2.45, 2.75) is 26.3 Å². The van der Waals surface area contributed by atoms with E-state index in [1.165, 1.54) is 12.3 Å². The van der Waals surface area contributed by atoms with Crippen molar-refractivity contribution in [1.82, 2.24) is 5.32 Å². The standard InChI is InChI=1S/C20H22N2O5/c1-13(2)18(21-19(24)16-8-5-11-26-16)20(25)27-12-17(23)22-10-9-14-6-3-4-7-15(14)22/h3-8,11,13,18H,9-10,12H2,1-2H3,(H,21,24)/t18-/m1/s1. The quantitative estimate of drug-likeness (QED) is 0.787. The number of nitrogens with one attached hydrogen (secondary N) is 1. The normalized spacial score (nSPS) is 14.0. The van der Waals surface area contributed by atoms with Gasteiger partial charge in [0.05, 0.1) is 6.26 Å². The molecule has 1 atom stereocenters. The average molecular weight is 370 g/mol. The monoisotopic (exact) mass is 370 g/mol. The Bertz CT molecular complexity index is 829. The molecule has 0 saturated heterocycles. The summed E-state index contributed by atoms with van der Waals surface area (Å²) < 4.78 is 10.2. The molecule has 1 aromatic carbocycles. The molecule has 142 valence electrons. The average Bonchev–Trinajstić information content (AvgIpc) is 3.33. The molecule has 1 aromatic heterocycles. The second-order valence-electron chi connectivity index (χ2n) is 6.70. The molecule has 2 aromatic rings. The second-order valence-corrected chi connectivity index (χ2v) is 6.70. The summed E-state index contributed by atoms with van der Waals surface area (Å²) in [6, 6.07) is 9.88. The molecule has 0 spiro atoms. The maximum absolute atomic E-state index is 12.5. The van der Waals surface area contributed by atoms with Crippen LogP contribution in [0.3, 0.4) is 0 Å². The van der Waals surface area contributed by atoms with Crippen LogP contribution < -0.4 is 10.2 Å². The first-order valence-electron chi connectivity index (χ1n) is 8.86. The van der Waals surface area contributed by atoms with Crippen molar-refractivity contribution in [3.63, 3.8) is 0 Å². The first kappa shape index (κ1) is 18.7. The molecule has 3 rings (SSSR count). The van der Waals surface area contributed by atoms with Crippen LogP contribution in [-0.4, -0.2) is 37.0 Å². The second kappa shape index (κ2) is 8.07. The van der Waals surface area contributed by atoms with Gasteiger partial charge in [-0.2, -0.15) is 0 Å². The van der Waals surface area contributed by atoms with E-state index in [2.05, 4.69) is 5.32 Å². The smallest absolute Gasteiger partial charge is 0.329 e. The minimum absolute atomic E-state index is 0.109. The van der Waals surface area contributed by atoms with E-state index in [1.54, 1.807) is 24.8 Å². The van der Waals surface area contributed by atoms with E-state index >= 15 is 0 Å². The van der Waals surface area contributed by atoms with E-state index in [1.807, 2.05) is 24.3 Å². The summed E-state index contributed by atoms with van der Waals surface area (Å²) in [5, 5.41) is 2.60. The summed E-state index contributed by atoms with van der Waals surface area (Å²) in [7, 11) is 0. The van der Waals surface area contributed by atoms with E-state index in [-0.39, 0.29) is 24.2 Å². The van der Waals surface area contributed by atoms with Crippen molar-refractivity contribution >= 4 is 23.5 Å². The molecule has 0 radical (unpaired) electrons. The van der Waals surface area contributed by atoms with Gasteiger partial charge in [-0.05, 0) is 36.1 Å². The highest BCUT2D eigenvalue weighted by Crippen LogP contribution is 2.27. The zero-order chi connectivity index (χ0) is 19.4. The summed E-state index contributed by atoms with van der Waals surface area (Å²) in [6.45, 7) is 3.77. The number of amides is 2. The van der Waals surface area contributed by atoms with Gasteiger partial charge in [0.2, 0.25) is 0 Å². The Kier molecular flexibility index (Phi) is 5.59. The van der Waals surface area contributed by atoms with Gasteiger partial charge in [-0.1, -0.05) is 32.0 Å².